The molecule has 0 saturated heterocycles. The normalized spacial score (nSPS) is 14.4. The van der Waals surface area contributed by atoms with Crippen LogP contribution in [0.1, 0.15) is 49.9 Å². The lowest BCUT2D eigenvalue weighted by molar-refractivity contribution is -0.0893. The summed E-state index contributed by atoms with van der Waals surface area (Å²) in [6, 6.07) is 35.7. The summed E-state index contributed by atoms with van der Waals surface area (Å²) in [5.41, 5.74) is 3.19. The van der Waals surface area contributed by atoms with Crippen molar-refractivity contribution in [2.75, 3.05) is 0 Å². The van der Waals surface area contributed by atoms with E-state index in [4.69, 9.17) is 9.39 Å². The summed E-state index contributed by atoms with van der Waals surface area (Å²) in [5, 5.41) is 10.7. The molecule has 35 heavy (non-hydrogen) atoms. The fourth-order valence-electron chi connectivity index (χ4n) is 4.90. The summed E-state index contributed by atoms with van der Waals surface area (Å²) in [5.74, 6) is 1.67. The number of ether oxygens (including phenoxy) is 1. The molecule has 0 atom stereocenters. The molecule has 0 aliphatic carbocycles. The summed E-state index contributed by atoms with van der Waals surface area (Å²) in [7, 11) is 0.340. The maximum Gasteiger partial charge on any atom is 0.309 e. The topological polar surface area (TPSA) is 38.7 Å². The van der Waals surface area contributed by atoms with E-state index in [0.29, 0.717) is 7.48 Å². The van der Waals surface area contributed by atoms with E-state index in [1.807, 2.05) is 38.1 Å². The van der Waals surface area contributed by atoms with Gasteiger partial charge in [-0.2, -0.15) is 0 Å². The van der Waals surface area contributed by atoms with Gasteiger partial charge in [-0.3, -0.25) is 0 Å². The molecule has 0 saturated carbocycles. The first-order valence-electron chi connectivity index (χ1n) is 12.1. The Morgan fingerprint density at radius 1 is 0.686 bits per heavy atom. The zero-order valence-electron chi connectivity index (χ0n) is 20.8. The van der Waals surface area contributed by atoms with Crippen molar-refractivity contribution in [1.29, 1.82) is 0 Å². The Labute approximate surface area is 208 Å². The van der Waals surface area contributed by atoms with Gasteiger partial charge in [-0.15, -0.1) is 0 Å². The number of benzene rings is 4. The van der Waals surface area contributed by atoms with Gasteiger partial charge in [-0.1, -0.05) is 91.0 Å². The van der Waals surface area contributed by atoms with E-state index in [2.05, 4.69) is 78.9 Å². The molecule has 0 bridgehead atoms. The number of rotatable bonds is 6. The van der Waals surface area contributed by atoms with Crippen LogP contribution in [0.15, 0.2) is 103 Å². The minimum absolute atomic E-state index is 0.340. The average Bonchev–Trinajstić information content (AvgIpc) is 2.86. The lowest BCUT2D eigenvalue weighted by atomic mass is 9.60. The van der Waals surface area contributed by atoms with E-state index in [0.717, 1.165) is 39.2 Å². The summed E-state index contributed by atoms with van der Waals surface area (Å²) in [4.78, 5) is 0. The second kappa shape index (κ2) is 8.71. The third-order valence-electron chi connectivity index (χ3n) is 7.47. The lowest BCUT2D eigenvalue weighted by Gasteiger charge is -2.43. The van der Waals surface area contributed by atoms with E-state index < -0.39 is 16.6 Å². The predicted octanol–water partition coefficient (Wildman–Crippen LogP) is 5.72. The van der Waals surface area contributed by atoms with Gasteiger partial charge in [-0.05, 0) is 56.4 Å². The summed E-state index contributed by atoms with van der Waals surface area (Å²) in [6.45, 7) is 7.42. The first-order chi connectivity index (χ1) is 16.7. The molecular weight excluding hydrogens is 431 g/mol. The van der Waals surface area contributed by atoms with E-state index in [9.17, 15) is 5.11 Å². The van der Waals surface area contributed by atoms with E-state index in [1.165, 1.54) is 0 Å². The molecule has 4 aromatic rings. The van der Waals surface area contributed by atoms with Gasteiger partial charge in [0.15, 0.2) is 0 Å². The fraction of sp³-hybridized carbons (Fsp3) is 0.226. The number of hydrogen-bond acceptors (Lipinski definition) is 3. The number of aliphatic hydroxyl groups is 1. The van der Waals surface area contributed by atoms with Gasteiger partial charge in [0.05, 0.1) is 16.6 Å². The van der Waals surface area contributed by atoms with Crippen molar-refractivity contribution in [3.63, 3.8) is 0 Å². The highest BCUT2D eigenvalue weighted by molar-refractivity contribution is 6.48. The Morgan fingerprint density at radius 3 is 1.83 bits per heavy atom. The molecule has 1 heterocycles. The molecule has 0 fully saturated rings. The Kier molecular flexibility index (Phi) is 5.82. The molecule has 0 amide bonds. The van der Waals surface area contributed by atoms with Crippen LogP contribution in [0.2, 0.25) is 0 Å². The van der Waals surface area contributed by atoms with Crippen LogP contribution in [0.25, 0.3) is 0 Å². The summed E-state index contributed by atoms with van der Waals surface area (Å²) < 4.78 is 12.9. The standard InChI is InChI=1S/C31H31BO3/c1-29(2,33)30(3,4)35-32-25-19-13-21-27-28(25)31(22-14-7-5-8-15-22,23-16-9-6-10-17-23)24-18-11-12-20-26(24)34-27/h5-21,32-33H,1-4H3. The minimum atomic E-state index is -0.999. The van der Waals surface area contributed by atoms with Crippen LogP contribution >= 0.6 is 0 Å². The van der Waals surface area contributed by atoms with E-state index in [-0.39, 0.29) is 0 Å². The van der Waals surface area contributed by atoms with Crippen LogP contribution in [-0.2, 0) is 10.1 Å². The Bertz CT molecular complexity index is 1280. The highest BCUT2D eigenvalue weighted by Crippen LogP contribution is 2.54. The minimum Gasteiger partial charge on any atom is -0.457 e. The van der Waals surface area contributed by atoms with Gasteiger partial charge in [0.25, 0.3) is 0 Å². The molecule has 1 aliphatic heterocycles. The second-order valence-electron chi connectivity index (χ2n) is 10.2. The van der Waals surface area contributed by atoms with Crippen molar-refractivity contribution < 1.29 is 14.5 Å². The molecular formula is C31H31BO3. The Morgan fingerprint density at radius 2 is 1.23 bits per heavy atom. The second-order valence-corrected chi connectivity index (χ2v) is 10.2. The Hall–Kier alpha value is -3.34. The third kappa shape index (κ3) is 3.87. The first-order valence-corrected chi connectivity index (χ1v) is 12.1. The van der Waals surface area contributed by atoms with Crippen molar-refractivity contribution in [3.8, 4) is 11.5 Å². The molecule has 0 spiro atoms. The molecule has 0 radical (unpaired) electrons. The summed E-state index contributed by atoms with van der Waals surface area (Å²) in [6.07, 6.45) is 0. The number of hydrogen-bond donors (Lipinski definition) is 1. The molecule has 3 nitrogen and oxygen atoms in total. The molecule has 1 N–H and O–H groups in total. The van der Waals surface area contributed by atoms with Gasteiger partial charge in [0.1, 0.15) is 11.5 Å². The van der Waals surface area contributed by atoms with Crippen molar-refractivity contribution in [1.82, 2.24) is 0 Å². The lowest BCUT2D eigenvalue weighted by Crippen LogP contribution is -2.50. The molecule has 1 aliphatic rings. The molecule has 176 valence electrons. The zero-order valence-corrected chi connectivity index (χ0v) is 20.8. The van der Waals surface area contributed by atoms with Crippen LogP contribution in [0.4, 0.5) is 0 Å². The predicted molar refractivity (Wildman–Crippen MR) is 143 cm³/mol. The molecule has 5 rings (SSSR count). The maximum atomic E-state index is 10.7. The fourth-order valence-corrected chi connectivity index (χ4v) is 4.90. The molecule has 0 aromatic heterocycles. The monoisotopic (exact) mass is 462 g/mol. The SMILES string of the molecule is CC(C)(O)C(C)(C)OBc1cccc2c1C(c1ccccc1)(c1ccccc1)c1ccccc1O2. The molecule has 4 heteroatoms. The van der Waals surface area contributed by atoms with Gasteiger partial charge in [0.2, 0.25) is 0 Å². The first kappa shape index (κ1) is 23.4. The molecule has 4 aromatic carbocycles. The van der Waals surface area contributed by atoms with Gasteiger partial charge in [0, 0.05) is 11.1 Å². The van der Waals surface area contributed by atoms with Crippen molar-refractivity contribution in [2.45, 2.75) is 44.3 Å². The van der Waals surface area contributed by atoms with Crippen LogP contribution in [0.5, 0.6) is 11.5 Å². The van der Waals surface area contributed by atoms with Crippen LogP contribution in [0.3, 0.4) is 0 Å². The van der Waals surface area contributed by atoms with E-state index in [1.54, 1.807) is 13.8 Å². The zero-order chi connectivity index (χ0) is 24.7. The van der Waals surface area contributed by atoms with Crippen molar-refractivity contribution >= 4 is 12.9 Å². The van der Waals surface area contributed by atoms with Crippen molar-refractivity contribution in [2.24, 2.45) is 0 Å². The maximum absolute atomic E-state index is 10.7. The van der Waals surface area contributed by atoms with Gasteiger partial charge in [-0.25, -0.2) is 0 Å². The average molecular weight is 462 g/mol. The third-order valence-corrected chi connectivity index (χ3v) is 7.47. The van der Waals surface area contributed by atoms with Crippen LogP contribution in [-0.4, -0.2) is 23.8 Å². The Balaban J connectivity index is 1.81. The highest BCUT2D eigenvalue weighted by Gasteiger charge is 2.47. The van der Waals surface area contributed by atoms with Gasteiger partial charge >= 0.3 is 7.48 Å². The van der Waals surface area contributed by atoms with Crippen LogP contribution in [0, 0.1) is 0 Å². The number of para-hydroxylation sites is 1. The quantitative estimate of drug-likeness (QED) is 0.328. The highest BCUT2D eigenvalue weighted by atomic mass is 16.5. The smallest absolute Gasteiger partial charge is 0.309 e. The number of fused-ring (bicyclic) bond motifs is 2. The van der Waals surface area contributed by atoms with Crippen LogP contribution < -0.4 is 10.2 Å². The van der Waals surface area contributed by atoms with E-state index >= 15 is 0 Å². The molecule has 0 unspecified atom stereocenters. The van der Waals surface area contributed by atoms with Gasteiger partial charge < -0.3 is 14.5 Å². The largest absolute Gasteiger partial charge is 0.457 e. The summed E-state index contributed by atoms with van der Waals surface area (Å²) >= 11 is 0. The van der Waals surface area contributed by atoms with Crippen molar-refractivity contribution in [3.05, 3.63) is 125 Å².